The number of anilines is 1. The van der Waals surface area contributed by atoms with Gasteiger partial charge in [0.2, 0.25) is 0 Å². The Labute approximate surface area is 150 Å². The van der Waals surface area contributed by atoms with Crippen molar-refractivity contribution in [1.29, 1.82) is 0 Å². The van der Waals surface area contributed by atoms with Gasteiger partial charge in [0.05, 0.1) is 23.5 Å². The molecule has 0 amide bonds. The Balaban J connectivity index is 1.58. The predicted octanol–water partition coefficient (Wildman–Crippen LogP) is 3.07. The third kappa shape index (κ3) is 3.49. The molecule has 2 N–H and O–H groups in total. The smallest absolute Gasteiger partial charge is 0.339 e. The van der Waals surface area contributed by atoms with E-state index < -0.39 is 5.97 Å². The van der Waals surface area contributed by atoms with E-state index in [2.05, 4.69) is 30.9 Å². The Hall–Kier alpha value is -2.19. The Kier molecular flexibility index (Phi) is 4.96. The van der Waals surface area contributed by atoms with Crippen molar-refractivity contribution in [2.24, 2.45) is 0 Å². The van der Waals surface area contributed by atoms with Crippen LogP contribution in [-0.2, 0) is 11.3 Å². The van der Waals surface area contributed by atoms with E-state index in [1.165, 1.54) is 6.33 Å². The van der Waals surface area contributed by atoms with Gasteiger partial charge in [-0.25, -0.2) is 19.7 Å². The van der Waals surface area contributed by atoms with E-state index in [1.54, 1.807) is 24.5 Å². The molecule has 0 aliphatic carbocycles. The van der Waals surface area contributed by atoms with Gasteiger partial charge >= 0.3 is 5.97 Å². The molecule has 0 aliphatic heterocycles. The fraction of sp³-hybridized carbons (Fsp3) is 0.200. The summed E-state index contributed by atoms with van der Waals surface area (Å²) in [6.07, 6.45) is 3.64. The molecule has 0 unspecified atom stereocenters. The standard InChI is InChI=1S/C15H13BrClN5O2/c16-9-2-3-11(17)10(6-9)15(23)24-5-1-4-22-8-21-12-13(18)19-7-20-14(12)22/h2-3,6-8H,1,4-5H2,(H2,18,19,20). The van der Waals surface area contributed by atoms with Crippen molar-refractivity contribution in [3.63, 3.8) is 0 Å². The van der Waals surface area contributed by atoms with Crippen LogP contribution in [0.4, 0.5) is 5.82 Å². The summed E-state index contributed by atoms with van der Waals surface area (Å²) in [5.74, 6) is -0.113. The normalized spacial score (nSPS) is 10.9. The monoisotopic (exact) mass is 409 g/mol. The number of nitrogens with two attached hydrogens (primary N) is 1. The molecule has 2 heterocycles. The third-order valence-corrected chi connectivity index (χ3v) is 4.18. The Morgan fingerprint density at radius 1 is 1.33 bits per heavy atom. The van der Waals surface area contributed by atoms with E-state index in [4.69, 9.17) is 22.1 Å². The number of carbonyl (C=O) groups is 1. The highest BCUT2D eigenvalue weighted by Gasteiger charge is 2.12. The van der Waals surface area contributed by atoms with Gasteiger partial charge in [-0.1, -0.05) is 27.5 Å². The number of hydrogen-bond acceptors (Lipinski definition) is 6. The van der Waals surface area contributed by atoms with Crippen LogP contribution < -0.4 is 5.73 Å². The molecule has 0 radical (unpaired) electrons. The van der Waals surface area contributed by atoms with Crippen LogP contribution in [0, 0.1) is 0 Å². The number of aromatic nitrogens is 4. The first-order valence-corrected chi connectivity index (χ1v) is 8.27. The first kappa shape index (κ1) is 16.7. The van der Waals surface area contributed by atoms with E-state index in [0.29, 0.717) is 40.5 Å². The molecule has 0 spiro atoms. The van der Waals surface area contributed by atoms with E-state index in [9.17, 15) is 4.79 Å². The van der Waals surface area contributed by atoms with Crippen LogP contribution >= 0.6 is 27.5 Å². The van der Waals surface area contributed by atoms with Crippen LogP contribution in [0.3, 0.4) is 0 Å². The quantitative estimate of drug-likeness (QED) is 0.513. The number of imidazole rings is 1. The van der Waals surface area contributed by atoms with Crippen molar-refractivity contribution >= 4 is 50.5 Å². The van der Waals surface area contributed by atoms with Crippen molar-refractivity contribution in [3.05, 3.63) is 45.9 Å². The molecule has 0 saturated carbocycles. The zero-order valence-electron chi connectivity index (χ0n) is 12.4. The molecule has 0 aliphatic rings. The summed E-state index contributed by atoms with van der Waals surface area (Å²) in [5, 5.41) is 0.357. The van der Waals surface area contributed by atoms with E-state index in [1.807, 2.05) is 4.57 Å². The van der Waals surface area contributed by atoms with Gasteiger partial charge in [0.25, 0.3) is 0 Å². The average Bonchev–Trinajstić information content (AvgIpc) is 2.98. The second-order valence-corrected chi connectivity index (χ2v) is 6.31. The Bertz CT molecular complexity index is 899. The van der Waals surface area contributed by atoms with Gasteiger partial charge in [-0.15, -0.1) is 0 Å². The van der Waals surface area contributed by atoms with Crippen molar-refractivity contribution in [1.82, 2.24) is 19.5 Å². The maximum absolute atomic E-state index is 12.1. The summed E-state index contributed by atoms with van der Waals surface area (Å²) in [5.41, 5.74) is 7.30. The van der Waals surface area contributed by atoms with Crippen molar-refractivity contribution in [2.75, 3.05) is 12.3 Å². The molecule has 9 heteroatoms. The molecule has 3 aromatic rings. The number of aryl methyl sites for hydroxylation is 1. The molecule has 0 fully saturated rings. The number of rotatable bonds is 5. The van der Waals surface area contributed by atoms with Gasteiger partial charge in [-0.3, -0.25) is 0 Å². The summed E-state index contributed by atoms with van der Waals surface area (Å²) in [7, 11) is 0. The fourth-order valence-corrected chi connectivity index (χ4v) is 2.75. The number of hydrogen-bond donors (Lipinski definition) is 1. The number of benzene rings is 1. The van der Waals surface area contributed by atoms with Gasteiger partial charge in [0, 0.05) is 11.0 Å². The Morgan fingerprint density at radius 3 is 3.00 bits per heavy atom. The van der Waals surface area contributed by atoms with Gasteiger partial charge in [-0.05, 0) is 24.6 Å². The maximum Gasteiger partial charge on any atom is 0.339 e. The molecular formula is C15H13BrClN5O2. The molecule has 3 rings (SSSR count). The fourth-order valence-electron chi connectivity index (χ4n) is 2.19. The lowest BCUT2D eigenvalue weighted by Crippen LogP contribution is -2.09. The summed E-state index contributed by atoms with van der Waals surface area (Å²) in [4.78, 5) is 24.3. The van der Waals surface area contributed by atoms with Gasteiger partial charge in [0.15, 0.2) is 11.5 Å². The summed E-state index contributed by atoms with van der Waals surface area (Å²) >= 11 is 9.31. The number of fused-ring (bicyclic) bond motifs is 1. The summed E-state index contributed by atoms with van der Waals surface area (Å²) < 4.78 is 7.87. The average molecular weight is 411 g/mol. The van der Waals surface area contributed by atoms with Gasteiger partial charge in [-0.2, -0.15) is 0 Å². The molecule has 0 atom stereocenters. The van der Waals surface area contributed by atoms with E-state index >= 15 is 0 Å². The number of halogens is 2. The summed E-state index contributed by atoms with van der Waals surface area (Å²) in [6.45, 7) is 0.842. The van der Waals surface area contributed by atoms with Crippen molar-refractivity contribution < 1.29 is 9.53 Å². The minimum atomic E-state index is -0.455. The molecule has 24 heavy (non-hydrogen) atoms. The Morgan fingerprint density at radius 2 is 2.17 bits per heavy atom. The van der Waals surface area contributed by atoms with Crippen LogP contribution in [0.25, 0.3) is 11.2 Å². The predicted molar refractivity (Wildman–Crippen MR) is 93.8 cm³/mol. The van der Waals surface area contributed by atoms with Crippen LogP contribution in [-0.4, -0.2) is 32.1 Å². The highest BCUT2D eigenvalue weighted by Crippen LogP contribution is 2.22. The molecule has 2 aromatic heterocycles. The van der Waals surface area contributed by atoms with E-state index in [-0.39, 0.29) is 6.61 Å². The first-order valence-electron chi connectivity index (χ1n) is 7.10. The lowest BCUT2D eigenvalue weighted by atomic mass is 10.2. The zero-order chi connectivity index (χ0) is 17.1. The lowest BCUT2D eigenvalue weighted by molar-refractivity contribution is 0.0496. The van der Waals surface area contributed by atoms with Crippen molar-refractivity contribution in [2.45, 2.75) is 13.0 Å². The molecule has 1 aromatic carbocycles. The third-order valence-electron chi connectivity index (χ3n) is 3.35. The second-order valence-electron chi connectivity index (χ2n) is 4.98. The van der Waals surface area contributed by atoms with Gasteiger partial charge < -0.3 is 15.0 Å². The van der Waals surface area contributed by atoms with Gasteiger partial charge in [0.1, 0.15) is 11.8 Å². The highest BCUT2D eigenvalue weighted by molar-refractivity contribution is 9.10. The van der Waals surface area contributed by atoms with Crippen LogP contribution in [0.2, 0.25) is 5.02 Å². The van der Waals surface area contributed by atoms with Crippen molar-refractivity contribution in [3.8, 4) is 0 Å². The largest absolute Gasteiger partial charge is 0.462 e. The van der Waals surface area contributed by atoms with Crippen LogP contribution in [0.1, 0.15) is 16.8 Å². The number of nitrogens with zero attached hydrogens (tertiary/aromatic N) is 4. The molecule has 0 saturated heterocycles. The first-order chi connectivity index (χ1) is 11.6. The minimum absolute atomic E-state index is 0.252. The molecule has 0 bridgehead atoms. The molecule has 7 nitrogen and oxygen atoms in total. The second kappa shape index (κ2) is 7.14. The summed E-state index contributed by atoms with van der Waals surface area (Å²) in [6, 6.07) is 5.04. The molecule has 124 valence electrons. The topological polar surface area (TPSA) is 95.9 Å². The van der Waals surface area contributed by atoms with Crippen LogP contribution in [0.15, 0.2) is 35.3 Å². The molecular weight excluding hydrogens is 398 g/mol. The number of ether oxygens (including phenoxy) is 1. The number of esters is 1. The number of nitrogen functional groups attached to an aromatic ring is 1. The van der Waals surface area contributed by atoms with E-state index in [0.717, 1.165) is 4.47 Å². The number of carbonyl (C=O) groups excluding carboxylic acids is 1. The SMILES string of the molecule is Nc1ncnc2c1ncn2CCCOC(=O)c1cc(Br)ccc1Cl. The minimum Gasteiger partial charge on any atom is -0.462 e. The van der Waals surface area contributed by atoms with Crippen LogP contribution in [0.5, 0.6) is 0 Å². The maximum atomic E-state index is 12.1. The zero-order valence-corrected chi connectivity index (χ0v) is 14.8. The lowest BCUT2D eigenvalue weighted by Gasteiger charge is -2.07. The highest BCUT2D eigenvalue weighted by atomic mass is 79.9.